The van der Waals surface area contributed by atoms with E-state index in [1.165, 1.54) is 13.2 Å². The molecule has 0 aliphatic rings. The van der Waals surface area contributed by atoms with Crippen molar-refractivity contribution in [2.45, 2.75) is 0 Å². The summed E-state index contributed by atoms with van der Waals surface area (Å²) in [4.78, 5) is 20.8. The molecule has 0 amide bonds. The molecule has 58 valence electrons. The number of rotatable bonds is 2. The highest BCUT2D eigenvalue weighted by Gasteiger charge is 2.07. The van der Waals surface area contributed by atoms with Gasteiger partial charge in [0.15, 0.2) is 6.29 Å². The average molecular weight is 154 g/mol. The molecule has 0 bridgehead atoms. The van der Waals surface area contributed by atoms with Crippen molar-refractivity contribution in [3.05, 3.63) is 17.5 Å². The van der Waals surface area contributed by atoms with Crippen LogP contribution in [0.5, 0.6) is 0 Å². The van der Waals surface area contributed by atoms with Gasteiger partial charge in [-0.05, 0) is 0 Å². The van der Waals surface area contributed by atoms with Crippen LogP contribution < -0.4 is 0 Å². The van der Waals surface area contributed by atoms with Crippen molar-refractivity contribution in [2.75, 3.05) is 7.11 Å². The van der Waals surface area contributed by atoms with Gasteiger partial charge in [-0.3, -0.25) is 9.89 Å². The van der Waals surface area contributed by atoms with Crippen molar-refractivity contribution >= 4 is 12.3 Å². The molecule has 0 fully saturated rings. The van der Waals surface area contributed by atoms with Crippen LogP contribution in [0.25, 0.3) is 0 Å². The first kappa shape index (κ1) is 7.46. The molecule has 0 saturated carbocycles. The number of H-pyrrole nitrogens is 1. The molecule has 0 unspecified atom stereocenters. The molecular formula is C6H6N2O3. The fraction of sp³-hybridized carbons (Fsp3) is 0.167. The van der Waals surface area contributed by atoms with E-state index in [2.05, 4.69) is 14.9 Å². The van der Waals surface area contributed by atoms with Gasteiger partial charge in [0, 0.05) is 6.07 Å². The van der Waals surface area contributed by atoms with Crippen LogP contribution in [0.1, 0.15) is 21.0 Å². The number of esters is 1. The number of ether oxygens (including phenoxy) is 1. The summed E-state index contributed by atoms with van der Waals surface area (Å²) in [6.45, 7) is 0. The standard InChI is InChI=1S/C6H6N2O3/c1-11-6(10)5-2-4(3-9)7-8-5/h2-3H,1H3,(H,7,8). The maximum absolute atomic E-state index is 10.7. The van der Waals surface area contributed by atoms with Crippen LogP contribution >= 0.6 is 0 Å². The summed E-state index contributed by atoms with van der Waals surface area (Å²) in [7, 11) is 1.25. The van der Waals surface area contributed by atoms with Crippen LogP contribution in [0.4, 0.5) is 0 Å². The number of nitrogens with one attached hydrogen (secondary N) is 1. The maximum Gasteiger partial charge on any atom is 0.356 e. The van der Waals surface area contributed by atoms with Gasteiger partial charge >= 0.3 is 5.97 Å². The lowest BCUT2D eigenvalue weighted by molar-refractivity contribution is 0.0594. The van der Waals surface area contributed by atoms with E-state index in [1.807, 2.05) is 0 Å². The molecule has 0 aliphatic heterocycles. The highest BCUT2D eigenvalue weighted by Crippen LogP contribution is 1.97. The predicted molar refractivity (Wildman–Crippen MR) is 35.3 cm³/mol. The normalized spacial score (nSPS) is 9.18. The van der Waals surface area contributed by atoms with Gasteiger partial charge in [-0.25, -0.2) is 4.79 Å². The Balaban J connectivity index is 2.88. The smallest absolute Gasteiger partial charge is 0.356 e. The second-order valence-corrected chi connectivity index (χ2v) is 1.82. The molecule has 0 saturated heterocycles. The number of carbonyl (C=O) groups excluding carboxylic acids is 2. The molecule has 0 atom stereocenters. The van der Waals surface area contributed by atoms with Gasteiger partial charge < -0.3 is 4.74 Å². The van der Waals surface area contributed by atoms with Gasteiger partial charge in [-0.1, -0.05) is 0 Å². The van der Waals surface area contributed by atoms with Crippen LogP contribution in [0.2, 0.25) is 0 Å². The van der Waals surface area contributed by atoms with E-state index in [4.69, 9.17) is 0 Å². The van der Waals surface area contributed by atoms with E-state index >= 15 is 0 Å². The summed E-state index contributed by atoms with van der Waals surface area (Å²) in [5.74, 6) is -0.536. The molecule has 1 aromatic rings. The molecule has 0 aromatic carbocycles. The molecule has 5 nitrogen and oxygen atoms in total. The fourth-order valence-electron chi connectivity index (χ4n) is 0.612. The summed E-state index contributed by atoms with van der Waals surface area (Å²) in [5.41, 5.74) is 0.361. The molecule has 1 rings (SSSR count). The van der Waals surface area contributed by atoms with Crippen LogP contribution in [-0.2, 0) is 4.74 Å². The Morgan fingerprint density at radius 2 is 2.55 bits per heavy atom. The highest BCUT2D eigenvalue weighted by atomic mass is 16.5. The van der Waals surface area contributed by atoms with E-state index in [0.717, 1.165) is 0 Å². The van der Waals surface area contributed by atoms with Crippen molar-refractivity contribution in [3.63, 3.8) is 0 Å². The minimum absolute atomic E-state index is 0.176. The summed E-state index contributed by atoms with van der Waals surface area (Å²) in [6, 6.07) is 1.32. The highest BCUT2D eigenvalue weighted by molar-refractivity contribution is 5.89. The van der Waals surface area contributed by atoms with E-state index in [1.54, 1.807) is 0 Å². The van der Waals surface area contributed by atoms with E-state index in [-0.39, 0.29) is 11.4 Å². The average Bonchev–Trinajstić information content (AvgIpc) is 2.50. The van der Waals surface area contributed by atoms with Crippen molar-refractivity contribution in [2.24, 2.45) is 0 Å². The number of aldehydes is 1. The molecule has 11 heavy (non-hydrogen) atoms. The number of hydrogen-bond acceptors (Lipinski definition) is 4. The van der Waals surface area contributed by atoms with E-state index < -0.39 is 5.97 Å². The predicted octanol–water partition coefficient (Wildman–Crippen LogP) is 0.00880. The van der Waals surface area contributed by atoms with Gasteiger partial charge in [0.2, 0.25) is 0 Å². The molecule has 1 aromatic heterocycles. The van der Waals surface area contributed by atoms with Gasteiger partial charge in [0.25, 0.3) is 0 Å². The van der Waals surface area contributed by atoms with Gasteiger partial charge in [0.1, 0.15) is 11.4 Å². The topological polar surface area (TPSA) is 72.1 Å². The molecule has 0 aliphatic carbocycles. The first-order chi connectivity index (χ1) is 5.27. The number of carbonyl (C=O) groups is 2. The quantitative estimate of drug-likeness (QED) is 0.481. The van der Waals surface area contributed by atoms with Gasteiger partial charge in [-0.2, -0.15) is 5.10 Å². The summed E-state index contributed by atoms with van der Waals surface area (Å²) >= 11 is 0. The SMILES string of the molecule is COC(=O)c1cc(C=O)n[nH]1. The zero-order valence-corrected chi connectivity index (χ0v) is 5.83. The molecule has 0 spiro atoms. The lowest BCUT2D eigenvalue weighted by Gasteiger charge is -1.90. The largest absolute Gasteiger partial charge is 0.464 e. The minimum Gasteiger partial charge on any atom is -0.464 e. The Morgan fingerprint density at radius 1 is 1.82 bits per heavy atom. The van der Waals surface area contributed by atoms with Crippen LogP contribution in [-0.4, -0.2) is 29.6 Å². The minimum atomic E-state index is -0.536. The Labute approximate surface area is 62.4 Å². The van der Waals surface area contributed by atoms with E-state index in [0.29, 0.717) is 6.29 Å². The monoisotopic (exact) mass is 154 g/mol. The third-order valence-electron chi connectivity index (χ3n) is 1.12. The van der Waals surface area contributed by atoms with Gasteiger partial charge in [0.05, 0.1) is 7.11 Å². The lowest BCUT2D eigenvalue weighted by atomic mass is 10.4. The number of hydrogen-bond donors (Lipinski definition) is 1. The molecule has 5 heteroatoms. The first-order valence-corrected chi connectivity index (χ1v) is 2.87. The molecule has 0 radical (unpaired) electrons. The van der Waals surface area contributed by atoms with Crippen molar-refractivity contribution in [3.8, 4) is 0 Å². The van der Waals surface area contributed by atoms with E-state index in [9.17, 15) is 9.59 Å². The fourth-order valence-corrected chi connectivity index (χ4v) is 0.612. The van der Waals surface area contributed by atoms with Crippen molar-refractivity contribution < 1.29 is 14.3 Å². The number of nitrogens with zero attached hydrogens (tertiary/aromatic N) is 1. The summed E-state index contributed by atoms with van der Waals surface area (Å²) in [5, 5.41) is 5.86. The summed E-state index contributed by atoms with van der Waals surface area (Å²) < 4.78 is 4.37. The number of aromatic amines is 1. The molecule has 1 N–H and O–H groups in total. The van der Waals surface area contributed by atoms with Crippen molar-refractivity contribution in [1.82, 2.24) is 10.2 Å². The third-order valence-corrected chi connectivity index (χ3v) is 1.12. The lowest BCUT2D eigenvalue weighted by Crippen LogP contribution is -2.00. The van der Waals surface area contributed by atoms with Crippen LogP contribution in [0.3, 0.4) is 0 Å². The van der Waals surface area contributed by atoms with Crippen LogP contribution in [0, 0.1) is 0 Å². The number of methoxy groups -OCH3 is 1. The molecule has 1 heterocycles. The van der Waals surface area contributed by atoms with Crippen molar-refractivity contribution in [1.29, 1.82) is 0 Å². The zero-order valence-electron chi connectivity index (χ0n) is 5.83. The van der Waals surface area contributed by atoms with Crippen LogP contribution in [0.15, 0.2) is 6.07 Å². The molecular weight excluding hydrogens is 148 g/mol. The third kappa shape index (κ3) is 1.43. The maximum atomic E-state index is 10.7. The second-order valence-electron chi connectivity index (χ2n) is 1.82. The Kier molecular flexibility index (Phi) is 2.00. The Hall–Kier alpha value is -1.65. The Bertz CT molecular complexity index is 279. The van der Waals surface area contributed by atoms with Gasteiger partial charge in [-0.15, -0.1) is 0 Å². The zero-order chi connectivity index (χ0) is 8.27. The first-order valence-electron chi connectivity index (χ1n) is 2.87. The number of aromatic nitrogens is 2. The Morgan fingerprint density at radius 3 is 3.00 bits per heavy atom. The summed E-state index contributed by atoms with van der Waals surface area (Å²) in [6.07, 6.45) is 0.545. The second kappa shape index (κ2) is 2.96.